The summed E-state index contributed by atoms with van der Waals surface area (Å²) in [4.78, 5) is 14.3. The predicted molar refractivity (Wildman–Crippen MR) is 199 cm³/mol. The molecule has 0 aromatic rings. The maximum absolute atomic E-state index is 14.3. The van der Waals surface area contributed by atoms with Gasteiger partial charge in [0.25, 0.3) is 0 Å². The van der Waals surface area contributed by atoms with E-state index in [1.807, 2.05) is 0 Å². The largest absolute Gasteiger partial charge is 0.394 e. The van der Waals surface area contributed by atoms with Crippen LogP contribution in [0.5, 0.6) is 0 Å². The lowest BCUT2D eigenvalue weighted by atomic mass is 9.41. The number of aliphatic hydroxyl groups is 9. The zero-order valence-corrected chi connectivity index (χ0v) is 34.3. The first kappa shape index (κ1) is 42.8. The highest BCUT2D eigenvalue weighted by molar-refractivity contribution is 5.86. The lowest BCUT2D eigenvalue weighted by Crippen LogP contribution is -2.65. The summed E-state index contributed by atoms with van der Waals surface area (Å²) in [6, 6.07) is 0. The number of rotatable bonds is 9. The Morgan fingerprint density at radius 2 is 1.33 bits per heavy atom. The molecule has 8 fully saturated rings. The molecule has 3 saturated heterocycles. The van der Waals surface area contributed by atoms with Crippen molar-refractivity contribution >= 4 is 5.78 Å². The van der Waals surface area contributed by atoms with E-state index in [9.17, 15) is 50.8 Å². The van der Waals surface area contributed by atoms with E-state index in [0.717, 1.165) is 38.5 Å². The third kappa shape index (κ3) is 5.92. The highest BCUT2D eigenvalue weighted by Crippen LogP contribution is 2.89. The van der Waals surface area contributed by atoms with Gasteiger partial charge in [-0.05, 0) is 96.7 Å². The highest BCUT2D eigenvalue weighted by Gasteiger charge is 2.83. The van der Waals surface area contributed by atoms with Gasteiger partial charge in [0, 0.05) is 18.8 Å². The molecule has 5 aliphatic carbocycles. The Bertz CT molecular complexity index is 1530. The average molecular weight is 813 g/mol. The SMILES string of the molecule is C[C@H]([C@H]1C(=O)C[C@]2(C)[C@@H]3CC[C@H]4C(C)(C)[C@@H](O[C@H]5O[C@@H](CO)[C@H](O)[C@@H](O)[C@@H]5O[C@H]5O[C@@H](CO)[C@H](O)[C@@H](O)[C@@H]5O)CC[C@]45C[C@]35CC[C@]12C)[C@H]1C[C@@H](O)[C@@](C)(CO)O1. The molecule has 5 saturated carbocycles. The van der Waals surface area contributed by atoms with Crippen molar-refractivity contribution in [3.05, 3.63) is 0 Å². The Morgan fingerprint density at radius 1 is 0.719 bits per heavy atom. The maximum Gasteiger partial charge on any atom is 0.187 e. The fourth-order valence-corrected chi connectivity index (χ4v) is 14.7. The van der Waals surface area contributed by atoms with Crippen LogP contribution in [0.1, 0.15) is 99.3 Å². The topological polar surface area (TPSA) is 245 Å². The average Bonchev–Trinajstić information content (AvgIpc) is 3.66. The monoisotopic (exact) mass is 812 g/mol. The van der Waals surface area contributed by atoms with Gasteiger partial charge in [-0.25, -0.2) is 0 Å². The molecule has 3 heterocycles. The van der Waals surface area contributed by atoms with Crippen LogP contribution in [0.25, 0.3) is 0 Å². The summed E-state index contributed by atoms with van der Waals surface area (Å²) in [6.45, 7) is 11.4. The van der Waals surface area contributed by atoms with E-state index in [2.05, 4.69) is 34.6 Å². The standard InChI is InChI=1S/C42H68O15/c1-19(21-13-26(47)40(6,18-45)57-21)28-20(46)14-39(5)25-8-7-24-37(2,3)27(9-10-41(24)17-42(25,41)12-11-38(28,39)4)55-36-34(32(51)30(49)23(16-44)54-36)56-35-33(52)31(50)29(48)22(15-43)53-35/h19,21-36,43-45,47-52H,7-18H2,1-6H3/t19-,21+,22-,23-,24-,25-,26+,27-,28-,29-,30-,31+,32+,33-,34-,35+,36+,38+,39+,40+,41-,42+/m0/s1. The van der Waals surface area contributed by atoms with E-state index in [-0.39, 0.29) is 69.4 Å². The second-order valence-electron chi connectivity index (χ2n) is 20.9. The molecule has 15 nitrogen and oxygen atoms in total. The van der Waals surface area contributed by atoms with Crippen molar-refractivity contribution in [2.45, 2.75) is 185 Å². The minimum Gasteiger partial charge on any atom is -0.394 e. The molecule has 8 aliphatic rings. The van der Waals surface area contributed by atoms with Gasteiger partial charge in [-0.15, -0.1) is 0 Å². The van der Waals surface area contributed by atoms with Gasteiger partial charge in [-0.1, -0.05) is 34.6 Å². The molecule has 0 amide bonds. The van der Waals surface area contributed by atoms with Gasteiger partial charge in [-0.2, -0.15) is 0 Å². The van der Waals surface area contributed by atoms with Crippen LogP contribution in [0, 0.1) is 50.7 Å². The molecule has 3 aliphatic heterocycles. The number of fused-ring (bicyclic) bond motifs is 2. The molecule has 0 bridgehead atoms. The molecule has 15 heteroatoms. The van der Waals surface area contributed by atoms with E-state index in [4.69, 9.17) is 23.7 Å². The molecule has 0 aromatic carbocycles. The quantitative estimate of drug-likeness (QED) is 0.141. The smallest absolute Gasteiger partial charge is 0.187 e. The molecular weight excluding hydrogens is 744 g/mol. The number of hydrogen-bond donors (Lipinski definition) is 9. The van der Waals surface area contributed by atoms with E-state index in [1.54, 1.807) is 6.92 Å². The van der Waals surface area contributed by atoms with Crippen molar-refractivity contribution in [2.24, 2.45) is 50.7 Å². The third-order valence-electron chi connectivity index (χ3n) is 18.2. The minimum atomic E-state index is -1.76. The van der Waals surface area contributed by atoms with Gasteiger partial charge in [0.1, 0.15) is 60.2 Å². The summed E-state index contributed by atoms with van der Waals surface area (Å²) in [5, 5.41) is 94.1. The number of hydrogen-bond acceptors (Lipinski definition) is 15. The summed E-state index contributed by atoms with van der Waals surface area (Å²) >= 11 is 0. The van der Waals surface area contributed by atoms with Crippen LogP contribution < -0.4 is 0 Å². The normalized spacial score (nSPS) is 57.4. The van der Waals surface area contributed by atoms with Crippen molar-refractivity contribution in [1.82, 2.24) is 0 Å². The van der Waals surface area contributed by atoms with Crippen LogP contribution in [0.2, 0.25) is 0 Å². The molecule has 0 radical (unpaired) electrons. The second kappa shape index (κ2) is 14.3. The molecule has 8 rings (SSSR count). The zero-order chi connectivity index (χ0) is 41.4. The Morgan fingerprint density at radius 3 is 1.96 bits per heavy atom. The molecule has 22 atom stereocenters. The molecular formula is C42H68O15. The van der Waals surface area contributed by atoms with Crippen molar-refractivity contribution in [2.75, 3.05) is 19.8 Å². The summed E-state index contributed by atoms with van der Waals surface area (Å²) < 4.78 is 30.7. The number of aliphatic hydroxyl groups excluding tert-OH is 9. The summed E-state index contributed by atoms with van der Waals surface area (Å²) in [7, 11) is 0. The van der Waals surface area contributed by atoms with Gasteiger partial charge in [-0.3, -0.25) is 4.79 Å². The van der Waals surface area contributed by atoms with Gasteiger partial charge in [0.05, 0.1) is 38.1 Å². The molecule has 326 valence electrons. The van der Waals surface area contributed by atoms with Crippen LogP contribution in [-0.2, 0) is 28.5 Å². The number of carbonyl (C=O) groups excluding carboxylic acids is 1. The Labute approximate surface area is 335 Å². The van der Waals surface area contributed by atoms with Gasteiger partial charge in [0.15, 0.2) is 12.6 Å². The van der Waals surface area contributed by atoms with Crippen LogP contribution in [0.3, 0.4) is 0 Å². The molecule has 0 aromatic heterocycles. The molecule has 0 unspecified atom stereocenters. The van der Waals surface area contributed by atoms with Gasteiger partial charge < -0.3 is 69.6 Å². The first-order valence-electron chi connectivity index (χ1n) is 21.4. The van der Waals surface area contributed by atoms with E-state index in [0.29, 0.717) is 25.2 Å². The molecule has 57 heavy (non-hydrogen) atoms. The van der Waals surface area contributed by atoms with Gasteiger partial charge in [0.2, 0.25) is 0 Å². The molecule has 2 spiro atoms. The zero-order valence-electron chi connectivity index (χ0n) is 34.3. The number of Topliss-reactive ketones (excluding diaryl/α,β-unsaturated/α-hetero) is 1. The summed E-state index contributed by atoms with van der Waals surface area (Å²) in [6.07, 6.45) is -9.12. The Hall–Kier alpha value is -0.890. The van der Waals surface area contributed by atoms with Gasteiger partial charge >= 0.3 is 0 Å². The van der Waals surface area contributed by atoms with E-state index >= 15 is 0 Å². The van der Waals surface area contributed by atoms with Crippen LogP contribution in [0.4, 0.5) is 0 Å². The lowest BCUT2D eigenvalue weighted by molar-refractivity contribution is -0.377. The fraction of sp³-hybridized carbons (Fsp3) is 0.976. The molecule has 9 N–H and O–H groups in total. The van der Waals surface area contributed by atoms with Crippen molar-refractivity contribution in [3.8, 4) is 0 Å². The van der Waals surface area contributed by atoms with E-state index < -0.39 is 86.3 Å². The lowest BCUT2D eigenvalue weighted by Gasteiger charge is -2.63. The third-order valence-corrected chi connectivity index (χ3v) is 18.2. The first-order chi connectivity index (χ1) is 26.7. The minimum absolute atomic E-state index is 0.0704. The summed E-state index contributed by atoms with van der Waals surface area (Å²) in [5.74, 6) is 0.638. The first-order valence-corrected chi connectivity index (χ1v) is 21.4. The van der Waals surface area contributed by atoms with Crippen molar-refractivity contribution in [3.63, 3.8) is 0 Å². The van der Waals surface area contributed by atoms with Crippen LogP contribution >= 0.6 is 0 Å². The van der Waals surface area contributed by atoms with Crippen LogP contribution in [0.15, 0.2) is 0 Å². The number of ether oxygens (including phenoxy) is 5. The number of carbonyl (C=O) groups is 1. The highest BCUT2D eigenvalue weighted by atomic mass is 16.8. The van der Waals surface area contributed by atoms with E-state index in [1.165, 1.54) is 0 Å². The fourth-order valence-electron chi connectivity index (χ4n) is 14.7. The predicted octanol–water partition coefficient (Wildman–Crippen LogP) is 0.151. The van der Waals surface area contributed by atoms with Crippen molar-refractivity contribution in [1.29, 1.82) is 0 Å². The maximum atomic E-state index is 14.3. The Balaban J connectivity index is 1.01. The summed E-state index contributed by atoms with van der Waals surface area (Å²) in [5.41, 5.74) is -1.69. The second-order valence-corrected chi connectivity index (χ2v) is 20.9. The van der Waals surface area contributed by atoms with Crippen molar-refractivity contribution < 1.29 is 74.4 Å². The Kier molecular flexibility index (Phi) is 10.8. The number of ketones is 1. The van der Waals surface area contributed by atoms with Crippen LogP contribution in [-0.4, -0.2) is 157 Å².